The molecule has 2 bridgehead atoms. The molecule has 7 heteroatoms. The Labute approximate surface area is 124 Å². The van der Waals surface area contributed by atoms with Gasteiger partial charge in [-0.3, -0.25) is 0 Å². The van der Waals surface area contributed by atoms with Crippen molar-refractivity contribution >= 4 is 15.4 Å². The molecule has 0 amide bonds. The van der Waals surface area contributed by atoms with Gasteiger partial charge in [0.25, 0.3) is 0 Å². The van der Waals surface area contributed by atoms with Crippen LogP contribution in [-0.2, 0) is 11.3 Å². The van der Waals surface area contributed by atoms with E-state index in [1.165, 1.54) is 0 Å². The SMILES string of the molecule is O.c1ccc(OCC2CN3CC[O][Ge]([O]CC3)[O]2)cc1. The molecule has 3 aliphatic heterocycles. The predicted octanol–water partition coefficient (Wildman–Crippen LogP) is -0.0268. The van der Waals surface area contributed by atoms with Gasteiger partial charge in [-0.15, -0.1) is 0 Å². The van der Waals surface area contributed by atoms with Crippen molar-refractivity contribution in [2.45, 2.75) is 6.10 Å². The van der Waals surface area contributed by atoms with Crippen molar-refractivity contribution in [2.75, 3.05) is 39.5 Å². The van der Waals surface area contributed by atoms with Crippen LogP contribution in [0, 0.1) is 0 Å². The minimum atomic E-state index is -2.23. The summed E-state index contributed by atoms with van der Waals surface area (Å²) >= 11 is -2.23. The van der Waals surface area contributed by atoms with Crippen LogP contribution in [0.1, 0.15) is 0 Å². The zero-order valence-corrected chi connectivity index (χ0v) is 13.4. The maximum atomic E-state index is 5.94. The van der Waals surface area contributed by atoms with Gasteiger partial charge in [0.2, 0.25) is 0 Å². The second-order valence-electron chi connectivity index (χ2n) is 4.61. The molecule has 20 heavy (non-hydrogen) atoms. The number of ether oxygens (including phenoxy) is 1. The molecule has 0 saturated carbocycles. The van der Waals surface area contributed by atoms with E-state index in [1.54, 1.807) is 0 Å². The topological polar surface area (TPSA) is 71.7 Å². The van der Waals surface area contributed by atoms with E-state index in [1.807, 2.05) is 30.3 Å². The summed E-state index contributed by atoms with van der Waals surface area (Å²) in [6.45, 7) is 4.82. The number of hydrogen-bond acceptors (Lipinski definition) is 5. The van der Waals surface area contributed by atoms with Crippen molar-refractivity contribution in [1.29, 1.82) is 0 Å². The molecule has 6 nitrogen and oxygen atoms in total. The molecule has 4 rings (SSSR count). The molecule has 1 aromatic rings. The first-order valence-electron chi connectivity index (χ1n) is 6.59. The second-order valence-corrected chi connectivity index (χ2v) is 7.37. The summed E-state index contributed by atoms with van der Waals surface area (Å²) in [6.07, 6.45) is 0.0378. The fraction of sp³-hybridized carbons (Fsp3) is 0.538. The van der Waals surface area contributed by atoms with E-state index in [0.29, 0.717) is 6.61 Å². The van der Waals surface area contributed by atoms with Crippen LogP contribution >= 0.6 is 0 Å². The Morgan fingerprint density at radius 2 is 1.85 bits per heavy atom. The Bertz CT molecular complexity index is 370. The zero-order chi connectivity index (χ0) is 12.9. The van der Waals surface area contributed by atoms with Gasteiger partial charge in [-0.05, 0) is 0 Å². The minimum absolute atomic E-state index is 0. The van der Waals surface area contributed by atoms with Gasteiger partial charge in [0.1, 0.15) is 0 Å². The first kappa shape index (κ1) is 15.7. The van der Waals surface area contributed by atoms with Crippen molar-refractivity contribution in [3.8, 4) is 5.75 Å². The molecule has 3 heterocycles. The first-order valence-corrected chi connectivity index (χ1v) is 9.16. The van der Waals surface area contributed by atoms with Gasteiger partial charge in [-0.2, -0.15) is 0 Å². The summed E-state index contributed by atoms with van der Waals surface area (Å²) in [6, 6.07) is 9.82. The summed E-state index contributed by atoms with van der Waals surface area (Å²) in [5, 5.41) is 0. The van der Waals surface area contributed by atoms with Crippen molar-refractivity contribution in [3.63, 3.8) is 0 Å². The molecule has 111 valence electrons. The van der Waals surface area contributed by atoms with Crippen molar-refractivity contribution in [1.82, 2.24) is 4.90 Å². The third-order valence-electron chi connectivity index (χ3n) is 3.16. The number of nitrogens with zero attached hydrogens (tertiary/aromatic N) is 1. The monoisotopic (exact) mass is 344 g/mol. The standard InChI is InChI=1S/C13H18GeNO4.H2O/c1-2-4-12(5-3-1)16-11-13-10-15-6-8-17-14(19-13)18-9-7-15;/h1-5,13H,6-11H2;1H2. The summed E-state index contributed by atoms with van der Waals surface area (Å²) in [4.78, 5) is 2.31. The number of benzene rings is 1. The Kier molecular flexibility index (Phi) is 6.27. The van der Waals surface area contributed by atoms with Gasteiger partial charge in [0, 0.05) is 0 Å². The maximum absolute atomic E-state index is 5.94. The number of para-hydroxylation sites is 1. The molecule has 1 radical (unpaired) electrons. The van der Waals surface area contributed by atoms with Crippen LogP contribution in [0.5, 0.6) is 5.75 Å². The van der Waals surface area contributed by atoms with Gasteiger partial charge < -0.3 is 5.48 Å². The predicted molar refractivity (Wildman–Crippen MR) is 74.5 cm³/mol. The van der Waals surface area contributed by atoms with Gasteiger partial charge in [-0.25, -0.2) is 0 Å². The normalized spacial score (nSPS) is 27.0. The molecule has 3 aliphatic rings. The van der Waals surface area contributed by atoms with E-state index in [-0.39, 0.29) is 11.6 Å². The van der Waals surface area contributed by atoms with Crippen LogP contribution in [-0.4, -0.2) is 71.3 Å². The average molecular weight is 343 g/mol. The summed E-state index contributed by atoms with van der Waals surface area (Å²) in [5.41, 5.74) is 0. The third kappa shape index (κ3) is 4.44. The van der Waals surface area contributed by atoms with Crippen molar-refractivity contribution < 1.29 is 21.5 Å². The molecule has 3 saturated heterocycles. The van der Waals surface area contributed by atoms with E-state index in [9.17, 15) is 0 Å². The molecular formula is C13H20GeNO5. The van der Waals surface area contributed by atoms with E-state index in [0.717, 1.165) is 38.6 Å². The number of rotatable bonds is 3. The average Bonchev–Trinajstić information content (AvgIpc) is 2.36. The molecule has 2 N–H and O–H groups in total. The molecule has 0 spiro atoms. The summed E-state index contributed by atoms with van der Waals surface area (Å²) < 4.78 is 23.0. The van der Waals surface area contributed by atoms with Crippen LogP contribution in [0.4, 0.5) is 0 Å². The Morgan fingerprint density at radius 3 is 2.55 bits per heavy atom. The molecule has 3 fully saturated rings. The fourth-order valence-electron chi connectivity index (χ4n) is 2.17. The van der Waals surface area contributed by atoms with E-state index >= 15 is 0 Å². The second kappa shape index (κ2) is 7.97. The van der Waals surface area contributed by atoms with Crippen LogP contribution < -0.4 is 4.74 Å². The van der Waals surface area contributed by atoms with Gasteiger partial charge >= 0.3 is 118 Å². The van der Waals surface area contributed by atoms with E-state index in [2.05, 4.69) is 4.90 Å². The van der Waals surface area contributed by atoms with E-state index in [4.69, 9.17) is 16.0 Å². The van der Waals surface area contributed by atoms with Crippen LogP contribution in [0.25, 0.3) is 0 Å². The van der Waals surface area contributed by atoms with Crippen LogP contribution in [0.2, 0.25) is 0 Å². The number of hydrogen-bond donors (Lipinski definition) is 0. The summed E-state index contributed by atoms with van der Waals surface area (Å²) in [7, 11) is 0. The molecule has 0 aromatic heterocycles. The van der Waals surface area contributed by atoms with Crippen LogP contribution in [0.15, 0.2) is 30.3 Å². The van der Waals surface area contributed by atoms with Crippen LogP contribution in [0.3, 0.4) is 0 Å². The Morgan fingerprint density at radius 1 is 1.15 bits per heavy atom. The van der Waals surface area contributed by atoms with Crippen molar-refractivity contribution in [2.24, 2.45) is 0 Å². The number of fused-ring (bicyclic) bond motifs is 6. The quantitative estimate of drug-likeness (QED) is 0.721. The van der Waals surface area contributed by atoms with Crippen molar-refractivity contribution in [3.05, 3.63) is 30.3 Å². The third-order valence-corrected chi connectivity index (χ3v) is 6.11. The fourth-order valence-corrected chi connectivity index (χ4v) is 4.59. The molecule has 0 aliphatic carbocycles. The van der Waals surface area contributed by atoms with Gasteiger partial charge in [0.15, 0.2) is 0 Å². The molecule has 1 unspecified atom stereocenters. The Hall–Kier alpha value is -0.637. The molecular weight excluding hydrogens is 323 g/mol. The van der Waals surface area contributed by atoms with Gasteiger partial charge in [-0.1, -0.05) is 0 Å². The van der Waals surface area contributed by atoms with E-state index < -0.39 is 15.4 Å². The summed E-state index contributed by atoms with van der Waals surface area (Å²) in [5.74, 6) is 0.875. The Balaban J connectivity index is 0.00000147. The van der Waals surface area contributed by atoms with Gasteiger partial charge in [0.05, 0.1) is 0 Å². The molecule has 1 aromatic carbocycles. The first-order chi connectivity index (χ1) is 9.40. The molecule has 1 atom stereocenters. The zero-order valence-electron chi connectivity index (χ0n) is 11.3.